The van der Waals surface area contributed by atoms with E-state index in [2.05, 4.69) is 25.0 Å². The number of hydrogen-bond donors (Lipinski definition) is 1. The first-order chi connectivity index (χ1) is 8.76. The van der Waals surface area contributed by atoms with Crippen LogP contribution in [-0.2, 0) is 6.18 Å². The molecule has 0 aliphatic heterocycles. The Balaban J connectivity index is 2.57. The molecule has 0 bridgehead atoms. The second-order valence-corrected chi connectivity index (χ2v) is 10.2. The van der Waals surface area contributed by atoms with Gasteiger partial charge in [0.05, 0.1) is 13.6 Å². The highest BCUT2D eigenvalue weighted by atomic mass is 28.3. The van der Waals surface area contributed by atoms with Gasteiger partial charge in [0.25, 0.3) is 0 Å². The van der Waals surface area contributed by atoms with Gasteiger partial charge in [0.15, 0.2) is 0 Å². The Morgan fingerprint density at radius 3 is 2.47 bits per heavy atom. The molecule has 0 amide bonds. The lowest BCUT2D eigenvalue weighted by Crippen LogP contribution is -2.23. The van der Waals surface area contributed by atoms with Gasteiger partial charge >= 0.3 is 6.18 Å². The topological polar surface area (TPSA) is 12.0 Å². The van der Waals surface area contributed by atoms with E-state index >= 15 is 0 Å². The number of hydrogen-bond acceptors (Lipinski definition) is 1. The monoisotopic (exact) mass is 287 g/mol. The van der Waals surface area contributed by atoms with Gasteiger partial charge in [-0.25, -0.2) is 0 Å². The Kier molecular flexibility index (Phi) is 5.23. The average Bonchev–Trinajstić information content (AvgIpc) is 2.34. The fourth-order valence-electron chi connectivity index (χ4n) is 1.75. The molecule has 1 N–H and O–H groups in total. The van der Waals surface area contributed by atoms with Crippen molar-refractivity contribution < 1.29 is 13.2 Å². The van der Waals surface area contributed by atoms with Gasteiger partial charge in [0, 0.05) is 12.2 Å². The molecule has 0 radical (unpaired) electrons. The van der Waals surface area contributed by atoms with E-state index in [9.17, 15) is 13.2 Å². The molecule has 1 nitrogen and oxygen atoms in total. The van der Waals surface area contributed by atoms with E-state index < -0.39 is 19.8 Å². The van der Waals surface area contributed by atoms with E-state index in [0.29, 0.717) is 6.54 Å². The van der Waals surface area contributed by atoms with Crippen molar-refractivity contribution in [2.24, 2.45) is 0 Å². The first kappa shape index (κ1) is 15.8. The molecular formula is C14H20F3NSi. The van der Waals surface area contributed by atoms with Crippen molar-refractivity contribution in [3.63, 3.8) is 0 Å². The van der Waals surface area contributed by atoms with E-state index in [0.717, 1.165) is 18.5 Å². The summed E-state index contributed by atoms with van der Waals surface area (Å²) >= 11 is 0. The minimum absolute atomic E-state index is 0.160. The largest absolute Gasteiger partial charge is 0.418 e. The number of para-hydroxylation sites is 1. The van der Waals surface area contributed by atoms with Crippen molar-refractivity contribution in [2.45, 2.75) is 31.7 Å². The van der Waals surface area contributed by atoms with Crippen molar-refractivity contribution in [3.05, 3.63) is 42.1 Å². The quantitative estimate of drug-likeness (QED) is 0.577. The van der Waals surface area contributed by atoms with Crippen molar-refractivity contribution in [2.75, 3.05) is 11.9 Å². The van der Waals surface area contributed by atoms with Crippen LogP contribution in [-0.4, -0.2) is 14.6 Å². The minimum atomic E-state index is -4.31. The summed E-state index contributed by atoms with van der Waals surface area (Å²) in [7, 11) is -1.36. The number of benzene rings is 1. The number of nitrogens with one attached hydrogen (secondary N) is 1. The Morgan fingerprint density at radius 1 is 1.26 bits per heavy atom. The summed E-state index contributed by atoms with van der Waals surface area (Å²) in [5, 5.41) is 2.88. The smallest absolute Gasteiger partial charge is 0.385 e. The molecule has 1 aromatic carbocycles. The SMILES string of the molecule is C=C[Si](C)(C)CCCNc1ccccc1C(F)(F)F. The summed E-state index contributed by atoms with van der Waals surface area (Å²) in [6.45, 7) is 8.76. The molecule has 5 heteroatoms. The molecule has 106 valence electrons. The highest BCUT2D eigenvalue weighted by molar-refractivity contribution is 6.82. The third-order valence-corrected chi connectivity index (χ3v) is 5.85. The van der Waals surface area contributed by atoms with Gasteiger partial charge in [-0.15, -0.1) is 12.3 Å². The zero-order chi connectivity index (χ0) is 14.5. The Hall–Kier alpha value is -1.23. The van der Waals surface area contributed by atoms with E-state index in [-0.39, 0.29) is 5.69 Å². The molecule has 0 spiro atoms. The van der Waals surface area contributed by atoms with Gasteiger partial charge in [-0.3, -0.25) is 0 Å². The van der Waals surface area contributed by atoms with Gasteiger partial charge < -0.3 is 5.32 Å². The summed E-state index contributed by atoms with van der Waals surface area (Å²) in [4.78, 5) is 0. The van der Waals surface area contributed by atoms with Crippen molar-refractivity contribution >= 4 is 13.8 Å². The van der Waals surface area contributed by atoms with Crippen molar-refractivity contribution in [1.82, 2.24) is 0 Å². The van der Waals surface area contributed by atoms with E-state index in [1.165, 1.54) is 12.1 Å². The van der Waals surface area contributed by atoms with Crippen molar-refractivity contribution in [3.8, 4) is 0 Å². The van der Waals surface area contributed by atoms with Crippen LogP contribution in [0.3, 0.4) is 0 Å². The van der Waals surface area contributed by atoms with Gasteiger partial charge in [-0.1, -0.05) is 31.3 Å². The average molecular weight is 287 g/mol. The van der Waals surface area contributed by atoms with E-state index in [1.54, 1.807) is 6.07 Å². The minimum Gasteiger partial charge on any atom is -0.385 e. The second kappa shape index (κ2) is 6.28. The van der Waals surface area contributed by atoms with Crippen LogP contribution >= 0.6 is 0 Å². The summed E-state index contributed by atoms with van der Waals surface area (Å²) < 4.78 is 38.3. The lowest BCUT2D eigenvalue weighted by Gasteiger charge is -2.18. The standard InChI is InChI=1S/C14H20F3NSi/c1-4-19(2,3)11-7-10-18-13-9-6-5-8-12(13)14(15,16)17/h4-6,8-9,18H,1,7,10-11H2,2-3H3. The van der Waals surface area contributed by atoms with Gasteiger partial charge in [0.1, 0.15) is 0 Å². The fraction of sp³-hybridized carbons (Fsp3) is 0.429. The van der Waals surface area contributed by atoms with Crippen LogP contribution in [0.1, 0.15) is 12.0 Å². The Bertz CT molecular complexity index is 427. The first-order valence-corrected chi connectivity index (χ1v) is 9.58. The predicted octanol–water partition coefficient (Wildman–Crippen LogP) is 4.94. The zero-order valence-electron chi connectivity index (χ0n) is 11.3. The molecule has 19 heavy (non-hydrogen) atoms. The lowest BCUT2D eigenvalue weighted by molar-refractivity contribution is -0.136. The van der Waals surface area contributed by atoms with Crippen LogP contribution < -0.4 is 5.32 Å². The van der Waals surface area contributed by atoms with Gasteiger partial charge in [0.2, 0.25) is 0 Å². The van der Waals surface area contributed by atoms with Crippen LogP contribution in [0.2, 0.25) is 19.1 Å². The highest BCUT2D eigenvalue weighted by Crippen LogP contribution is 2.34. The summed E-state index contributed by atoms with van der Waals surface area (Å²) in [6.07, 6.45) is -3.45. The molecule has 0 fully saturated rings. The molecule has 0 aliphatic carbocycles. The second-order valence-electron chi connectivity index (χ2n) is 5.27. The molecular weight excluding hydrogens is 267 g/mol. The number of rotatable bonds is 6. The molecule has 0 saturated carbocycles. The first-order valence-electron chi connectivity index (χ1n) is 6.30. The maximum absolute atomic E-state index is 12.8. The Labute approximate surface area is 113 Å². The number of anilines is 1. The fourth-order valence-corrected chi connectivity index (χ4v) is 3.05. The number of halogens is 3. The van der Waals surface area contributed by atoms with Crippen LogP contribution in [0, 0.1) is 0 Å². The van der Waals surface area contributed by atoms with Crippen molar-refractivity contribution in [1.29, 1.82) is 0 Å². The van der Waals surface area contributed by atoms with Crippen LogP contribution in [0.15, 0.2) is 36.5 Å². The zero-order valence-corrected chi connectivity index (χ0v) is 12.3. The summed E-state index contributed by atoms with van der Waals surface area (Å²) in [5.41, 5.74) is 1.57. The molecule has 0 aliphatic rings. The maximum Gasteiger partial charge on any atom is 0.418 e. The normalized spacial score (nSPS) is 12.3. The number of alkyl halides is 3. The predicted molar refractivity (Wildman–Crippen MR) is 77.0 cm³/mol. The molecule has 0 atom stereocenters. The molecule has 1 aromatic rings. The maximum atomic E-state index is 12.8. The molecule has 1 rings (SSSR count). The molecule has 0 aromatic heterocycles. The van der Waals surface area contributed by atoms with Crippen LogP contribution in [0.5, 0.6) is 0 Å². The molecule has 0 heterocycles. The highest BCUT2D eigenvalue weighted by Gasteiger charge is 2.32. The molecule has 0 unspecified atom stereocenters. The third kappa shape index (κ3) is 5.10. The molecule has 0 saturated heterocycles. The van der Waals surface area contributed by atoms with E-state index in [4.69, 9.17) is 0 Å². The van der Waals surface area contributed by atoms with Crippen LogP contribution in [0.25, 0.3) is 0 Å². The Morgan fingerprint density at radius 2 is 1.89 bits per heavy atom. The summed E-state index contributed by atoms with van der Waals surface area (Å²) in [6, 6.07) is 6.61. The lowest BCUT2D eigenvalue weighted by atomic mass is 10.1. The van der Waals surface area contributed by atoms with Gasteiger partial charge in [-0.05, 0) is 18.6 Å². The third-order valence-electron chi connectivity index (χ3n) is 3.10. The van der Waals surface area contributed by atoms with Crippen LogP contribution in [0.4, 0.5) is 18.9 Å². The van der Waals surface area contributed by atoms with E-state index in [1.807, 2.05) is 5.70 Å². The summed E-state index contributed by atoms with van der Waals surface area (Å²) in [5.74, 6) is 0. The van der Waals surface area contributed by atoms with Gasteiger partial charge in [-0.2, -0.15) is 13.2 Å².